The van der Waals surface area contributed by atoms with E-state index < -0.39 is 27.5 Å². The van der Waals surface area contributed by atoms with Crippen LogP contribution in [0.15, 0.2) is 24.3 Å². The lowest BCUT2D eigenvalue weighted by Gasteiger charge is -2.37. The zero-order valence-electron chi connectivity index (χ0n) is 22.1. The van der Waals surface area contributed by atoms with E-state index in [0.717, 1.165) is 50.7 Å². The van der Waals surface area contributed by atoms with Crippen molar-refractivity contribution in [2.75, 3.05) is 13.1 Å². The van der Waals surface area contributed by atoms with Gasteiger partial charge in [0.1, 0.15) is 0 Å². The molecule has 3 atom stereocenters. The second-order valence-corrected chi connectivity index (χ2v) is 14.2. The topological polar surface area (TPSA) is 66.5 Å². The summed E-state index contributed by atoms with van der Waals surface area (Å²) in [6.45, 7) is 0.710. The summed E-state index contributed by atoms with van der Waals surface area (Å²) in [7, 11) is -3.77. The van der Waals surface area contributed by atoms with E-state index in [4.69, 9.17) is 0 Å². The highest BCUT2D eigenvalue weighted by Gasteiger charge is 2.47. The maximum atomic E-state index is 13.8. The highest BCUT2D eigenvalue weighted by molar-refractivity contribution is 7.88. The van der Waals surface area contributed by atoms with Crippen LogP contribution in [-0.2, 0) is 26.7 Å². The van der Waals surface area contributed by atoms with Gasteiger partial charge in [0, 0.05) is 25.0 Å². The molecule has 4 fully saturated rings. The molecule has 1 saturated heterocycles. The molecule has 0 radical (unpaired) electrons. The van der Waals surface area contributed by atoms with Crippen LogP contribution in [0.3, 0.4) is 0 Å². The standard InChI is InChI=1S/C29H41F3N2O3S/c30-29(31,32)24-13-7-8-20(16-24)19-38(36,37)34-17-23-14-15-26(25(23)18-34)33-28(35)27(21-9-3-1-4-10-21)22-11-5-2-6-12-22/h7-8,13,16,21-23,25-27H,1-6,9-12,14-15,17-19H2,(H,33,35)/t23-,25+,26-/m0/s1. The van der Waals surface area contributed by atoms with E-state index >= 15 is 0 Å². The maximum absolute atomic E-state index is 13.8. The van der Waals surface area contributed by atoms with Crippen LogP contribution in [0.1, 0.15) is 88.2 Å². The molecular weight excluding hydrogens is 513 g/mol. The van der Waals surface area contributed by atoms with Crippen LogP contribution in [0.25, 0.3) is 0 Å². The van der Waals surface area contributed by atoms with E-state index in [0.29, 0.717) is 24.9 Å². The van der Waals surface area contributed by atoms with Crippen molar-refractivity contribution in [2.24, 2.45) is 29.6 Å². The lowest BCUT2D eigenvalue weighted by atomic mass is 9.69. The number of nitrogens with zero attached hydrogens (tertiary/aromatic N) is 1. The molecule has 0 bridgehead atoms. The second kappa shape index (κ2) is 11.5. The average molecular weight is 555 g/mol. The summed E-state index contributed by atoms with van der Waals surface area (Å²) in [5, 5.41) is 3.41. The monoisotopic (exact) mass is 554 g/mol. The van der Waals surface area contributed by atoms with Crippen LogP contribution in [0.2, 0.25) is 0 Å². The van der Waals surface area contributed by atoms with Crippen LogP contribution in [0.5, 0.6) is 0 Å². The maximum Gasteiger partial charge on any atom is 0.416 e. The van der Waals surface area contributed by atoms with Crippen molar-refractivity contribution in [2.45, 2.75) is 95.0 Å². The molecule has 1 aliphatic heterocycles. The predicted octanol–water partition coefficient (Wildman–Crippen LogP) is 6.14. The molecule has 9 heteroatoms. The summed E-state index contributed by atoms with van der Waals surface area (Å²) in [6.07, 6.45) is 9.07. The SMILES string of the molecule is O=C(N[C@H]1CC[C@H]2CN(S(=O)(=O)Cc3cccc(C(F)(F)F)c3)C[C@H]21)C(C1CCCCC1)C1CCCCC1. The zero-order valence-corrected chi connectivity index (χ0v) is 22.9. The van der Waals surface area contributed by atoms with Crippen LogP contribution < -0.4 is 5.32 Å². The van der Waals surface area contributed by atoms with Crippen LogP contribution >= 0.6 is 0 Å². The van der Waals surface area contributed by atoms with Crippen LogP contribution in [0, 0.1) is 29.6 Å². The average Bonchev–Trinajstić information content (AvgIpc) is 3.48. The molecule has 1 aromatic rings. The highest BCUT2D eigenvalue weighted by Crippen LogP contribution is 2.43. The number of fused-ring (bicyclic) bond motifs is 1. The van der Waals surface area contributed by atoms with E-state index in [-0.39, 0.29) is 35.3 Å². The van der Waals surface area contributed by atoms with Crippen LogP contribution in [0.4, 0.5) is 13.2 Å². The molecule has 5 nitrogen and oxygen atoms in total. The molecule has 3 saturated carbocycles. The van der Waals surface area contributed by atoms with Gasteiger partial charge in [0.25, 0.3) is 0 Å². The number of rotatable bonds is 7. The number of carbonyl (C=O) groups is 1. The van der Waals surface area contributed by atoms with Crippen molar-refractivity contribution in [3.05, 3.63) is 35.4 Å². The summed E-state index contributed by atoms with van der Waals surface area (Å²) < 4.78 is 67.2. The molecule has 4 aliphatic rings. The minimum atomic E-state index is -4.51. The molecule has 212 valence electrons. The van der Waals surface area contributed by atoms with Crippen molar-refractivity contribution in [1.82, 2.24) is 9.62 Å². The molecule has 0 spiro atoms. The molecule has 1 N–H and O–H groups in total. The Bertz CT molecular complexity index is 1060. The first-order chi connectivity index (χ1) is 18.1. The highest BCUT2D eigenvalue weighted by atomic mass is 32.2. The first-order valence-electron chi connectivity index (χ1n) is 14.6. The van der Waals surface area contributed by atoms with Gasteiger partial charge in [-0.3, -0.25) is 4.79 Å². The van der Waals surface area contributed by atoms with Gasteiger partial charge in [0.05, 0.1) is 11.3 Å². The Hall–Kier alpha value is -1.61. The third-order valence-corrected chi connectivity index (χ3v) is 11.5. The Morgan fingerprint density at radius 3 is 2.16 bits per heavy atom. The number of alkyl halides is 3. The quantitative estimate of drug-likeness (QED) is 0.440. The number of hydrogen-bond acceptors (Lipinski definition) is 3. The molecule has 1 aromatic carbocycles. The smallest absolute Gasteiger partial charge is 0.353 e. The number of benzene rings is 1. The lowest BCUT2D eigenvalue weighted by Crippen LogP contribution is -2.47. The summed E-state index contributed by atoms with van der Waals surface area (Å²) >= 11 is 0. The van der Waals surface area contributed by atoms with Crippen molar-refractivity contribution in [3.63, 3.8) is 0 Å². The van der Waals surface area contributed by atoms with Gasteiger partial charge in [0.15, 0.2) is 0 Å². The minimum absolute atomic E-state index is 0.0315. The van der Waals surface area contributed by atoms with Gasteiger partial charge in [-0.2, -0.15) is 13.2 Å². The molecule has 1 heterocycles. The largest absolute Gasteiger partial charge is 0.416 e. The molecule has 5 rings (SSSR count). The molecule has 0 aromatic heterocycles. The Kier molecular flexibility index (Phi) is 8.44. The molecular formula is C29H41F3N2O3S. The van der Waals surface area contributed by atoms with E-state index in [1.54, 1.807) is 0 Å². The third-order valence-electron chi connectivity index (χ3n) is 9.77. The van der Waals surface area contributed by atoms with Crippen LogP contribution in [-0.4, -0.2) is 37.8 Å². The number of halogens is 3. The number of hydrogen-bond donors (Lipinski definition) is 1. The number of carbonyl (C=O) groups excluding carboxylic acids is 1. The fourth-order valence-corrected chi connectivity index (χ4v) is 9.45. The number of amides is 1. The van der Waals surface area contributed by atoms with Gasteiger partial charge < -0.3 is 5.32 Å². The van der Waals surface area contributed by atoms with E-state index in [2.05, 4.69) is 5.32 Å². The summed E-state index contributed by atoms with van der Waals surface area (Å²) in [5.41, 5.74) is -0.693. The van der Waals surface area contributed by atoms with Crippen molar-refractivity contribution < 1.29 is 26.4 Å². The van der Waals surface area contributed by atoms with Gasteiger partial charge >= 0.3 is 6.18 Å². The third kappa shape index (κ3) is 6.24. The fourth-order valence-electron chi connectivity index (χ4n) is 7.85. The van der Waals surface area contributed by atoms with E-state index in [1.807, 2.05) is 0 Å². The Labute approximate surface area is 225 Å². The van der Waals surface area contributed by atoms with E-state index in [9.17, 15) is 26.4 Å². The number of nitrogens with one attached hydrogen (secondary N) is 1. The summed E-state index contributed by atoms with van der Waals surface area (Å²) in [5.74, 6) is 0.956. The minimum Gasteiger partial charge on any atom is -0.353 e. The van der Waals surface area contributed by atoms with Crippen molar-refractivity contribution >= 4 is 15.9 Å². The van der Waals surface area contributed by atoms with Crippen molar-refractivity contribution in [1.29, 1.82) is 0 Å². The van der Waals surface area contributed by atoms with Gasteiger partial charge in [-0.25, -0.2) is 12.7 Å². The Morgan fingerprint density at radius 1 is 0.921 bits per heavy atom. The predicted molar refractivity (Wildman–Crippen MR) is 140 cm³/mol. The van der Waals surface area contributed by atoms with Gasteiger partial charge in [-0.1, -0.05) is 56.7 Å². The van der Waals surface area contributed by atoms with Crippen molar-refractivity contribution in [3.8, 4) is 0 Å². The molecule has 1 amide bonds. The Balaban J connectivity index is 1.24. The molecule has 0 unspecified atom stereocenters. The lowest BCUT2D eigenvalue weighted by molar-refractivity contribution is -0.137. The van der Waals surface area contributed by atoms with E-state index in [1.165, 1.54) is 55.0 Å². The van der Waals surface area contributed by atoms with Gasteiger partial charge in [0.2, 0.25) is 15.9 Å². The Morgan fingerprint density at radius 2 is 1.55 bits per heavy atom. The van der Waals surface area contributed by atoms with Gasteiger partial charge in [-0.05, 0) is 73.8 Å². The molecule has 3 aliphatic carbocycles. The normalized spacial score (nSPS) is 28.1. The fraction of sp³-hybridized carbons (Fsp3) is 0.759. The summed E-state index contributed by atoms with van der Waals surface area (Å²) in [6, 6.07) is 4.54. The number of sulfonamides is 1. The first kappa shape index (κ1) is 27.9. The molecule has 38 heavy (non-hydrogen) atoms. The summed E-state index contributed by atoms with van der Waals surface area (Å²) in [4.78, 5) is 13.8. The zero-order chi connectivity index (χ0) is 26.9. The second-order valence-electron chi connectivity index (χ2n) is 12.2. The first-order valence-corrected chi connectivity index (χ1v) is 16.2. The van der Waals surface area contributed by atoms with Gasteiger partial charge in [-0.15, -0.1) is 0 Å².